The fourth-order valence-electron chi connectivity index (χ4n) is 5.26. The Morgan fingerprint density at radius 2 is 1.52 bits per heavy atom. The molecule has 158 valence electrons. The molecule has 2 heterocycles. The molecule has 0 aromatic rings. The molecule has 3 aliphatic rings. The maximum atomic E-state index is 4.63. The van der Waals surface area contributed by atoms with Gasteiger partial charge in [-0.15, -0.1) is 24.0 Å². The standard InChI is InChI=1S/C21H41N5.HI/c1-3-24-15-17-25(18-16-24)14-12-23-20(22-2)26-13-8-11-21(19-26)9-6-4-5-7-10-21;/h3-19H2,1-2H3,(H,22,23);1H. The number of nitrogens with one attached hydrogen (secondary N) is 1. The van der Waals surface area contributed by atoms with Crippen molar-refractivity contribution >= 4 is 29.9 Å². The smallest absolute Gasteiger partial charge is 0.193 e. The van der Waals surface area contributed by atoms with E-state index in [2.05, 4.69) is 31.9 Å². The van der Waals surface area contributed by atoms with E-state index < -0.39 is 0 Å². The first kappa shape index (κ1) is 23.2. The maximum Gasteiger partial charge on any atom is 0.193 e. The zero-order chi connectivity index (χ0) is 18.2. The Morgan fingerprint density at radius 3 is 2.15 bits per heavy atom. The minimum Gasteiger partial charge on any atom is -0.355 e. The van der Waals surface area contributed by atoms with Crippen molar-refractivity contribution in [3.8, 4) is 0 Å². The van der Waals surface area contributed by atoms with Crippen molar-refractivity contribution in [2.45, 2.75) is 58.3 Å². The maximum absolute atomic E-state index is 4.63. The number of nitrogens with zero attached hydrogens (tertiary/aromatic N) is 4. The van der Waals surface area contributed by atoms with Crippen molar-refractivity contribution in [2.75, 3.05) is 66.0 Å². The molecule has 5 nitrogen and oxygen atoms in total. The van der Waals surface area contributed by atoms with Gasteiger partial charge < -0.3 is 15.1 Å². The van der Waals surface area contributed by atoms with Crippen LogP contribution in [0.2, 0.25) is 0 Å². The van der Waals surface area contributed by atoms with Crippen LogP contribution in [0.5, 0.6) is 0 Å². The van der Waals surface area contributed by atoms with Gasteiger partial charge in [0.25, 0.3) is 0 Å². The zero-order valence-corrected chi connectivity index (χ0v) is 20.0. The molecule has 1 spiro atoms. The first-order valence-electron chi connectivity index (χ1n) is 11.1. The molecule has 0 amide bonds. The minimum absolute atomic E-state index is 0. The predicted octanol–water partition coefficient (Wildman–Crippen LogP) is 3.25. The van der Waals surface area contributed by atoms with E-state index in [1.54, 1.807) is 0 Å². The number of guanidine groups is 1. The number of hydrogen-bond acceptors (Lipinski definition) is 3. The largest absolute Gasteiger partial charge is 0.355 e. The van der Waals surface area contributed by atoms with Gasteiger partial charge in [-0.2, -0.15) is 0 Å². The Balaban J connectivity index is 0.00000261. The highest BCUT2D eigenvalue weighted by atomic mass is 127. The summed E-state index contributed by atoms with van der Waals surface area (Å²) in [7, 11) is 1.96. The second-order valence-corrected chi connectivity index (χ2v) is 8.69. The molecule has 2 saturated heterocycles. The van der Waals surface area contributed by atoms with Crippen molar-refractivity contribution in [2.24, 2.45) is 10.4 Å². The van der Waals surface area contributed by atoms with Gasteiger partial charge in [-0.25, -0.2) is 0 Å². The van der Waals surface area contributed by atoms with E-state index in [0.717, 1.165) is 19.0 Å². The van der Waals surface area contributed by atoms with Crippen LogP contribution in [0.4, 0.5) is 0 Å². The molecule has 27 heavy (non-hydrogen) atoms. The van der Waals surface area contributed by atoms with E-state index >= 15 is 0 Å². The Morgan fingerprint density at radius 1 is 0.889 bits per heavy atom. The number of halogens is 1. The van der Waals surface area contributed by atoms with Crippen LogP contribution in [0.3, 0.4) is 0 Å². The molecule has 0 bridgehead atoms. The van der Waals surface area contributed by atoms with Crippen LogP contribution in [-0.2, 0) is 0 Å². The van der Waals surface area contributed by atoms with E-state index in [1.165, 1.54) is 97.2 Å². The highest BCUT2D eigenvalue weighted by molar-refractivity contribution is 14.0. The summed E-state index contributed by atoms with van der Waals surface area (Å²) in [6.07, 6.45) is 11.4. The third kappa shape index (κ3) is 6.74. The Bertz CT molecular complexity index is 440. The van der Waals surface area contributed by atoms with E-state index in [0.29, 0.717) is 5.41 Å². The normalized spacial score (nSPS) is 25.1. The number of hydrogen-bond donors (Lipinski definition) is 1. The van der Waals surface area contributed by atoms with E-state index in [9.17, 15) is 0 Å². The molecule has 1 N–H and O–H groups in total. The van der Waals surface area contributed by atoms with Gasteiger partial charge in [0, 0.05) is 59.4 Å². The predicted molar refractivity (Wildman–Crippen MR) is 126 cm³/mol. The lowest BCUT2D eigenvalue weighted by Crippen LogP contribution is -2.52. The van der Waals surface area contributed by atoms with E-state index in [1.807, 2.05) is 7.05 Å². The Kier molecular flexibility index (Phi) is 10.1. The first-order chi connectivity index (χ1) is 12.7. The van der Waals surface area contributed by atoms with Gasteiger partial charge in [-0.3, -0.25) is 9.89 Å². The zero-order valence-electron chi connectivity index (χ0n) is 17.7. The monoisotopic (exact) mass is 491 g/mol. The molecule has 0 aromatic heterocycles. The van der Waals surface area contributed by atoms with Crippen molar-refractivity contribution in [1.82, 2.24) is 20.0 Å². The summed E-state index contributed by atoms with van der Waals surface area (Å²) in [4.78, 5) is 12.3. The number of aliphatic imine (C=N–C) groups is 1. The van der Waals surface area contributed by atoms with Crippen molar-refractivity contribution in [3.63, 3.8) is 0 Å². The molecule has 6 heteroatoms. The molecular weight excluding hydrogens is 449 g/mol. The second-order valence-electron chi connectivity index (χ2n) is 8.69. The lowest BCUT2D eigenvalue weighted by Gasteiger charge is -2.44. The molecular formula is C21H42IN5. The average molecular weight is 492 g/mol. The number of likely N-dealkylation sites (N-methyl/N-ethyl adjacent to an activating group) is 1. The van der Waals surface area contributed by atoms with Gasteiger partial charge in [0.2, 0.25) is 0 Å². The fourth-order valence-corrected chi connectivity index (χ4v) is 5.26. The van der Waals surface area contributed by atoms with Crippen LogP contribution < -0.4 is 5.32 Å². The molecule has 3 fully saturated rings. The number of piperazine rings is 1. The van der Waals surface area contributed by atoms with Gasteiger partial charge in [-0.1, -0.05) is 32.6 Å². The third-order valence-corrected chi connectivity index (χ3v) is 6.96. The highest BCUT2D eigenvalue weighted by Crippen LogP contribution is 2.42. The molecule has 3 rings (SSSR count). The van der Waals surface area contributed by atoms with E-state index in [-0.39, 0.29) is 24.0 Å². The van der Waals surface area contributed by atoms with E-state index in [4.69, 9.17) is 0 Å². The van der Waals surface area contributed by atoms with Crippen molar-refractivity contribution in [1.29, 1.82) is 0 Å². The average Bonchev–Trinajstić information content (AvgIpc) is 2.91. The topological polar surface area (TPSA) is 34.1 Å². The van der Waals surface area contributed by atoms with Crippen LogP contribution in [0.15, 0.2) is 4.99 Å². The van der Waals surface area contributed by atoms with Crippen LogP contribution >= 0.6 is 24.0 Å². The van der Waals surface area contributed by atoms with Crippen LogP contribution in [-0.4, -0.2) is 86.6 Å². The summed E-state index contributed by atoms with van der Waals surface area (Å²) in [6.45, 7) is 12.9. The molecule has 0 radical (unpaired) electrons. The summed E-state index contributed by atoms with van der Waals surface area (Å²) in [5.74, 6) is 1.14. The quantitative estimate of drug-likeness (QED) is 0.372. The fraction of sp³-hybridized carbons (Fsp3) is 0.952. The lowest BCUT2D eigenvalue weighted by atomic mass is 9.74. The molecule has 1 aliphatic carbocycles. The second kappa shape index (κ2) is 11.8. The summed E-state index contributed by atoms with van der Waals surface area (Å²) >= 11 is 0. The number of piperidine rings is 1. The van der Waals surface area contributed by atoms with Crippen LogP contribution in [0.1, 0.15) is 58.3 Å². The molecule has 0 unspecified atom stereocenters. The summed E-state index contributed by atoms with van der Waals surface area (Å²) in [5.41, 5.74) is 0.572. The summed E-state index contributed by atoms with van der Waals surface area (Å²) in [6, 6.07) is 0. The summed E-state index contributed by atoms with van der Waals surface area (Å²) in [5, 5.41) is 3.67. The van der Waals surface area contributed by atoms with Gasteiger partial charge in [0.05, 0.1) is 0 Å². The molecule has 0 atom stereocenters. The van der Waals surface area contributed by atoms with Crippen LogP contribution in [0.25, 0.3) is 0 Å². The minimum atomic E-state index is 0. The Labute approximate surface area is 184 Å². The van der Waals surface area contributed by atoms with Gasteiger partial charge in [0.15, 0.2) is 5.96 Å². The lowest BCUT2D eigenvalue weighted by molar-refractivity contribution is 0.114. The third-order valence-electron chi connectivity index (χ3n) is 6.96. The molecule has 2 aliphatic heterocycles. The van der Waals surface area contributed by atoms with Gasteiger partial charge >= 0.3 is 0 Å². The Hall–Kier alpha value is -0.0800. The number of likely N-dealkylation sites (tertiary alicyclic amines) is 1. The highest BCUT2D eigenvalue weighted by Gasteiger charge is 2.36. The molecule has 1 saturated carbocycles. The SMILES string of the molecule is CCN1CCN(CCNC(=NC)N2CCCC3(CCCCCC3)C2)CC1.I. The molecule has 0 aromatic carbocycles. The van der Waals surface area contributed by atoms with Gasteiger partial charge in [-0.05, 0) is 37.6 Å². The van der Waals surface area contributed by atoms with Gasteiger partial charge in [0.1, 0.15) is 0 Å². The number of rotatable bonds is 4. The van der Waals surface area contributed by atoms with Crippen LogP contribution in [0, 0.1) is 5.41 Å². The summed E-state index contributed by atoms with van der Waals surface area (Å²) < 4.78 is 0. The first-order valence-corrected chi connectivity index (χ1v) is 11.1. The van der Waals surface area contributed by atoms with Crippen molar-refractivity contribution in [3.05, 3.63) is 0 Å². The van der Waals surface area contributed by atoms with Crippen molar-refractivity contribution < 1.29 is 0 Å².